The average Bonchev–Trinajstić information content (AvgIpc) is 3.31. The lowest BCUT2D eigenvalue weighted by atomic mass is 10.1. The Hall–Kier alpha value is -3.86. The first-order valence-electron chi connectivity index (χ1n) is 9.87. The molecule has 1 aromatic heterocycles. The van der Waals surface area contributed by atoms with Gasteiger partial charge in [0, 0.05) is 24.5 Å². The first-order valence-corrected chi connectivity index (χ1v) is 9.87. The van der Waals surface area contributed by atoms with Crippen molar-refractivity contribution in [3.05, 3.63) is 120 Å². The van der Waals surface area contributed by atoms with Crippen molar-refractivity contribution < 1.29 is 9.53 Å². The lowest BCUT2D eigenvalue weighted by Crippen LogP contribution is -2.23. The summed E-state index contributed by atoms with van der Waals surface area (Å²) in [6, 6.07) is 27.2. The van der Waals surface area contributed by atoms with Crippen LogP contribution in [-0.2, 0) is 19.7 Å². The summed E-state index contributed by atoms with van der Waals surface area (Å²) in [5.41, 5.74) is 3.91. The number of ether oxygens (including phenoxy) is 1. The molecule has 0 fully saturated rings. The van der Waals surface area contributed by atoms with Gasteiger partial charge in [-0.25, -0.2) is 0 Å². The predicted octanol–water partition coefficient (Wildman–Crippen LogP) is 4.44. The van der Waals surface area contributed by atoms with Gasteiger partial charge in [0.1, 0.15) is 12.4 Å². The van der Waals surface area contributed by atoms with Gasteiger partial charge in [-0.05, 0) is 47.0 Å². The van der Waals surface area contributed by atoms with E-state index in [0.29, 0.717) is 25.3 Å². The second-order valence-corrected chi connectivity index (χ2v) is 6.95. The van der Waals surface area contributed by atoms with Gasteiger partial charge in [0.25, 0.3) is 5.91 Å². The first-order chi connectivity index (χ1) is 14.8. The molecular formula is C25H23N3O2. The summed E-state index contributed by atoms with van der Waals surface area (Å²) >= 11 is 0. The highest BCUT2D eigenvalue weighted by molar-refractivity contribution is 5.94. The molecule has 0 radical (unpaired) electrons. The second-order valence-electron chi connectivity index (χ2n) is 6.95. The van der Waals surface area contributed by atoms with E-state index >= 15 is 0 Å². The van der Waals surface area contributed by atoms with Crippen molar-refractivity contribution in [2.45, 2.75) is 19.7 Å². The molecule has 0 atom stereocenters. The predicted molar refractivity (Wildman–Crippen MR) is 116 cm³/mol. The number of carbonyl (C=O) groups excluding carboxylic acids is 1. The minimum Gasteiger partial charge on any atom is -0.489 e. The number of hydrogen-bond donors (Lipinski definition) is 1. The summed E-state index contributed by atoms with van der Waals surface area (Å²) < 4.78 is 7.65. The molecule has 1 amide bonds. The van der Waals surface area contributed by atoms with Crippen LogP contribution in [0.5, 0.6) is 5.75 Å². The van der Waals surface area contributed by atoms with Crippen molar-refractivity contribution in [2.24, 2.45) is 0 Å². The van der Waals surface area contributed by atoms with Crippen molar-refractivity contribution in [3.8, 4) is 5.75 Å². The van der Waals surface area contributed by atoms with Crippen molar-refractivity contribution in [3.63, 3.8) is 0 Å². The molecule has 0 saturated heterocycles. The number of aromatic nitrogens is 2. The molecule has 150 valence electrons. The Labute approximate surface area is 175 Å². The number of carbonyl (C=O) groups is 1. The molecule has 0 saturated carbocycles. The maximum atomic E-state index is 12.6. The molecule has 0 spiro atoms. The molecule has 4 rings (SSSR count). The van der Waals surface area contributed by atoms with E-state index in [0.717, 1.165) is 22.4 Å². The van der Waals surface area contributed by atoms with Crippen LogP contribution in [0.4, 0.5) is 0 Å². The summed E-state index contributed by atoms with van der Waals surface area (Å²) in [4.78, 5) is 12.6. The van der Waals surface area contributed by atoms with Crippen LogP contribution in [0, 0.1) is 0 Å². The standard InChI is InChI=1S/C25H23N3O2/c29-25(21-11-13-24(14-12-21)30-19-20-7-2-1-3-8-20)26-17-22-9-4-5-10-23(22)18-28-16-6-15-27-28/h1-16H,17-19H2,(H,26,29). The lowest BCUT2D eigenvalue weighted by Gasteiger charge is -2.11. The van der Waals surface area contributed by atoms with Crippen LogP contribution < -0.4 is 10.1 Å². The van der Waals surface area contributed by atoms with Crippen molar-refractivity contribution in [1.82, 2.24) is 15.1 Å². The molecule has 0 aliphatic rings. The van der Waals surface area contributed by atoms with E-state index in [9.17, 15) is 4.79 Å². The largest absolute Gasteiger partial charge is 0.489 e. The van der Waals surface area contributed by atoms with E-state index in [1.807, 2.05) is 77.6 Å². The minimum absolute atomic E-state index is 0.112. The van der Waals surface area contributed by atoms with Gasteiger partial charge in [-0.15, -0.1) is 0 Å². The molecule has 3 aromatic carbocycles. The maximum Gasteiger partial charge on any atom is 0.251 e. The van der Waals surface area contributed by atoms with E-state index < -0.39 is 0 Å². The highest BCUT2D eigenvalue weighted by atomic mass is 16.5. The lowest BCUT2D eigenvalue weighted by molar-refractivity contribution is 0.0951. The number of hydrogen-bond acceptors (Lipinski definition) is 3. The molecule has 0 aliphatic heterocycles. The van der Waals surface area contributed by atoms with Gasteiger partial charge in [-0.3, -0.25) is 9.48 Å². The van der Waals surface area contributed by atoms with Gasteiger partial charge in [-0.2, -0.15) is 5.10 Å². The average molecular weight is 397 g/mol. The third-order valence-corrected chi connectivity index (χ3v) is 4.81. The Morgan fingerprint density at radius 2 is 1.60 bits per heavy atom. The van der Waals surface area contributed by atoms with E-state index in [1.54, 1.807) is 18.3 Å². The Bertz CT molecular complexity index is 1080. The maximum absolute atomic E-state index is 12.6. The molecule has 5 nitrogen and oxygen atoms in total. The zero-order chi connectivity index (χ0) is 20.6. The van der Waals surface area contributed by atoms with Crippen LogP contribution in [0.3, 0.4) is 0 Å². The van der Waals surface area contributed by atoms with Gasteiger partial charge in [0.05, 0.1) is 6.54 Å². The van der Waals surface area contributed by atoms with Crippen molar-refractivity contribution in [2.75, 3.05) is 0 Å². The monoisotopic (exact) mass is 397 g/mol. The molecular weight excluding hydrogens is 374 g/mol. The fraction of sp³-hybridized carbons (Fsp3) is 0.120. The van der Waals surface area contributed by atoms with Crippen LogP contribution in [0.1, 0.15) is 27.0 Å². The summed E-state index contributed by atoms with van der Waals surface area (Å²) in [5, 5.41) is 7.26. The summed E-state index contributed by atoms with van der Waals surface area (Å²) in [7, 11) is 0. The summed E-state index contributed by atoms with van der Waals surface area (Å²) in [5.74, 6) is 0.624. The number of amides is 1. The topological polar surface area (TPSA) is 56.2 Å². The number of nitrogens with zero attached hydrogens (tertiary/aromatic N) is 2. The van der Waals surface area contributed by atoms with Crippen LogP contribution >= 0.6 is 0 Å². The Balaban J connectivity index is 1.33. The van der Waals surface area contributed by atoms with Crippen LogP contribution in [0.25, 0.3) is 0 Å². The van der Waals surface area contributed by atoms with Crippen molar-refractivity contribution in [1.29, 1.82) is 0 Å². The van der Waals surface area contributed by atoms with Gasteiger partial charge < -0.3 is 10.1 Å². The number of rotatable bonds is 8. The molecule has 0 unspecified atom stereocenters. The quantitative estimate of drug-likeness (QED) is 0.478. The summed E-state index contributed by atoms with van der Waals surface area (Å²) in [6.45, 7) is 1.63. The third-order valence-electron chi connectivity index (χ3n) is 4.81. The summed E-state index contributed by atoms with van der Waals surface area (Å²) in [6.07, 6.45) is 3.69. The van der Waals surface area contributed by atoms with Crippen LogP contribution in [0.15, 0.2) is 97.3 Å². The third kappa shape index (κ3) is 5.14. The van der Waals surface area contributed by atoms with Gasteiger partial charge >= 0.3 is 0 Å². The number of nitrogens with one attached hydrogen (secondary N) is 1. The second kappa shape index (κ2) is 9.56. The minimum atomic E-state index is -0.112. The molecule has 4 aromatic rings. The van der Waals surface area contributed by atoms with Gasteiger partial charge in [0.15, 0.2) is 0 Å². The van der Waals surface area contributed by atoms with Crippen LogP contribution in [-0.4, -0.2) is 15.7 Å². The molecule has 0 aliphatic carbocycles. The SMILES string of the molecule is O=C(NCc1ccccc1Cn1cccn1)c1ccc(OCc2ccccc2)cc1. The van der Waals surface area contributed by atoms with Gasteiger partial charge in [-0.1, -0.05) is 54.6 Å². The fourth-order valence-electron chi connectivity index (χ4n) is 3.17. The highest BCUT2D eigenvalue weighted by Gasteiger charge is 2.08. The normalized spacial score (nSPS) is 10.5. The smallest absolute Gasteiger partial charge is 0.251 e. The van der Waals surface area contributed by atoms with E-state index in [4.69, 9.17) is 4.74 Å². The molecule has 0 bridgehead atoms. The Kier molecular flexibility index (Phi) is 6.20. The van der Waals surface area contributed by atoms with Crippen LogP contribution in [0.2, 0.25) is 0 Å². The van der Waals surface area contributed by atoms with Gasteiger partial charge in [0.2, 0.25) is 0 Å². The Morgan fingerprint density at radius 3 is 2.33 bits per heavy atom. The van der Waals surface area contributed by atoms with Crippen molar-refractivity contribution >= 4 is 5.91 Å². The molecule has 30 heavy (non-hydrogen) atoms. The zero-order valence-corrected chi connectivity index (χ0v) is 16.6. The zero-order valence-electron chi connectivity index (χ0n) is 16.6. The first kappa shape index (κ1) is 19.5. The molecule has 5 heteroatoms. The number of benzene rings is 3. The van der Waals surface area contributed by atoms with E-state index in [1.165, 1.54) is 0 Å². The van der Waals surface area contributed by atoms with E-state index in [-0.39, 0.29) is 5.91 Å². The molecule has 1 N–H and O–H groups in total. The molecule has 1 heterocycles. The highest BCUT2D eigenvalue weighted by Crippen LogP contribution is 2.15. The van der Waals surface area contributed by atoms with E-state index in [2.05, 4.69) is 16.5 Å². The Morgan fingerprint density at radius 1 is 0.867 bits per heavy atom. The fourth-order valence-corrected chi connectivity index (χ4v) is 3.17.